The van der Waals surface area contributed by atoms with Gasteiger partial charge < -0.3 is 19.7 Å². The molecule has 0 fully saturated rings. The number of benzene rings is 4. The lowest BCUT2D eigenvalue weighted by Gasteiger charge is -2.16. The third-order valence-corrected chi connectivity index (χ3v) is 4.21. The minimum absolute atomic E-state index is 0. The highest BCUT2D eigenvalue weighted by atomic mass is 19.1. The summed E-state index contributed by atoms with van der Waals surface area (Å²) >= 11 is 0. The van der Waals surface area contributed by atoms with Crippen LogP contribution in [-0.4, -0.2) is 5.48 Å². The molecule has 4 aromatic carbocycles. The van der Waals surface area contributed by atoms with Gasteiger partial charge in [0.2, 0.25) is 17.4 Å². The van der Waals surface area contributed by atoms with Crippen LogP contribution in [0.1, 0.15) is 0 Å². The van der Waals surface area contributed by atoms with Crippen LogP contribution in [0.15, 0.2) is 78.9 Å². The Bertz CT molecular complexity index is 1260. The fraction of sp³-hybridized carbons (Fsp3) is 0. The quantitative estimate of drug-likeness (QED) is 0.292. The summed E-state index contributed by atoms with van der Waals surface area (Å²) in [5.41, 5.74) is 0. The molecule has 0 spiro atoms. The van der Waals surface area contributed by atoms with Crippen LogP contribution in [-0.2, 0) is 0 Å². The number of rotatable bonds is 6. The Morgan fingerprint density at radius 1 is 0.485 bits per heavy atom. The van der Waals surface area contributed by atoms with Crippen molar-refractivity contribution >= 4 is 0 Å². The predicted octanol–water partition coefficient (Wildman–Crippen LogP) is 6.93. The van der Waals surface area contributed by atoms with E-state index in [9.17, 15) is 13.2 Å². The zero-order valence-electron chi connectivity index (χ0n) is 16.6. The molecule has 4 nitrogen and oxygen atoms in total. The summed E-state index contributed by atoms with van der Waals surface area (Å²) in [6, 6.07) is 15.3. The summed E-state index contributed by atoms with van der Waals surface area (Å²) < 4.78 is 86.7. The van der Waals surface area contributed by atoms with Crippen molar-refractivity contribution in [2.24, 2.45) is 0 Å². The second-order valence-corrected chi connectivity index (χ2v) is 6.48. The first-order valence-corrected chi connectivity index (χ1v) is 9.22. The Hall–Kier alpha value is -4.11. The molecule has 4 aromatic rings. The topological polar surface area (TPSA) is 59.2 Å². The average Bonchev–Trinajstić information content (AvgIpc) is 2.77. The summed E-state index contributed by atoms with van der Waals surface area (Å²) in [5.74, 6) is -7.20. The largest absolute Gasteiger partial charge is 0.454 e. The lowest BCUT2D eigenvalue weighted by atomic mass is 10.2. The molecule has 0 bridgehead atoms. The van der Waals surface area contributed by atoms with Crippen LogP contribution in [0.25, 0.3) is 0 Å². The van der Waals surface area contributed by atoms with Gasteiger partial charge in [0.1, 0.15) is 23.1 Å². The Labute approximate surface area is 184 Å². The van der Waals surface area contributed by atoms with Gasteiger partial charge in [0.05, 0.1) is 0 Å². The summed E-state index contributed by atoms with van der Waals surface area (Å²) in [6.07, 6.45) is 0. The minimum Gasteiger partial charge on any atom is -0.454 e. The van der Waals surface area contributed by atoms with Gasteiger partial charge in [-0.2, -0.15) is 8.78 Å². The Kier molecular flexibility index (Phi) is 7.14. The molecular weight excluding hydrogens is 447 g/mol. The minimum atomic E-state index is -1.30. The normalized spacial score (nSPS) is 10.3. The standard InChI is InChI=1S/C24H13F5O3.H2O/c25-14-8-10-16(11-9-14)30-20-13-21(32-19-7-2-1-6-18(19)27)23(29)24(22(20)28)31-17-5-3-4-15(26)12-17;/h1-13H;1H2. The maximum atomic E-state index is 15.1. The van der Waals surface area contributed by atoms with Gasteiger partial charge in [0, 0.05) is 12.1 Å². The van der Waals surface area contributed by atoms with Gasteiger partial charge in [-0.15, -0.1) is 0 Å². The van der Waals surface area contributed by atoms with Gasteiger partial charge in [-0.05, 0) is 48.5 Å². The maximum Gasteiger partial charge on any atom is 0.211 e. The average molecular weight is 462 g/mol. The molecule has 9 heteroatoms. The molecule has 0 aromatic heterocycles. The molecule has 33 heavy (non-hydrogen) atoms. The van der Waals surface area contributed by atoms with Crippen LogP contribution < -0.4 is 14.2 Å². The maximum absolute atomic E-state index is 15.1. The molecule has 0 unspecified atom stereocenters. The molecule has 170 valence electrons. The molecule has 2 N–H and O–H groups in total. The van der Waals surface area contributed by atoms with Gasteiger partial charge in [0.15, 0.2) is 23.1 Å². The van der Waals surface area contributed by atoms with E-state index in [0.717, 1.165) is 36.4 Å². The molecule has 0 amide bonds. The zero-order valence-corrected chi connectivity index (χ0v) is 16.6. The van der Waals surface area contributed by atoms with E-state index in [1.54, 1.807) is 0 Å². The van der Waals surface area contributed by atoms with Crippen LogP contribution in [0.2, 0.25) is 0 Å². The highest BCUT2D eigenvalue weighted by molar-refractivity contribution is 5.50. The van der Waals surface area contributed by atoms with Crippen LogP contribution in [0.4, 0.5) is 22.0 Å². The zero-order chi connectivity index (χ0) is 22.7. The van der Waals surface area contributed by atoms with E-state index in [1.807, 2.05) is 0 Å². The van der Waals surface area contributed by atoms with Crippen molar-refractivity contribution in [2.75, 3.05) is 0 Å². The van der Waals surface area contributed by atoms with Gasteiger partial charge in [0.25, 0.3) is 0 Å². The smallest absolute Gasteiger partial charge is 0.211 e. The number of hydrogen-bond donors (Lipinski definition) is 0. The van der Waals surface area contributed by atoms with Crippen molar-refractivity contribution in [2.45, 2.75) is 0 Å². The molecule has 0 saturated heterocycles. The van der Waals surface area contributed by atoms with E-state index in [1.165, 1.54) is 42.5 Å². The van der Waals surface area contributed by atoms with Crippen molar-refractivity contribution < 1.29 is 41.6 Å². The molecule has 0 radical (unpaired) electrons. The van der Waals surface area contributed by atoms with E-state index in [4.69, 9.17) is 14.2 Å². The third kappa shape index (κ3) is 5.39. The first kappa shape index (κ1) is 23.6. The second kappa shape index (κ2) is 10.0. The lowest BCUT2D eigenvalue weighted by Crippen LogP contribution is -2.00. The molecule has 0 atom stereocenters. The molecule has 0 aliphatic carbocycles. The molecule has 0 aliphatic heterocycles. The second-order valence-electron chi connectivity index (χ2n) is 6.48. The van der Waals surface area contributed by atoms with E-state index >= 15 is 8.78 Å². The third-order valence-electron chi connectivity index (χ3n) is 4.21. The van der Waals surface area contributed by atoms with Gasteiger partial charge in [-0.25, -0.2) is 13.2 Å². The van der Waals surface area contributed by atoms with E-state index in [-0.39, 0.29) is 22.7 Å². The first-order chi connectivity index (χ1) is 15.4. The highest BCUT2D eigenvalue weighted by Gasteiger charge is 2.24. The summed E-state index contributed by atoms with van der Waals surface area (Å²) in [6.45, 7) is 0. The Morgan fingerprint density at radius 2 is 1.15 bits per heavy atom. The molecular formula is C24H15F5O4. The van der Waals surface area contributed by atoms with Crippen LogP contribution in [0.3, 0.4) is 0 Å². The predicted molar refractivity (Wildman–Crippen MR) is 109 cm³/mol. The van der Waals surface area contributed by atoms with E-state index < -0.39 is 46.3 Å². The Morgan fingerprint density at radius 3 is 1.82 bits per heavy atom. The van der Waals surface area contributed by atoms with Crippen LogP contribution >= 0.6 is 0 Å². The summed E-state index contributed by atoms with van der Waals surface area (Å²) in [7, 11) is 0. The van der Waals surface area contributed by atoms with Crippen molar-refractivity contribution in [1.29, 1.82) is 0 Å². The van der Waals surface area contributed by atoms with E-state index in [2.05, 4.69) is 0 Å². The van der Waals surface area contributed by atoms with Crippen molar-refractivity contribution in [1.82, 2.24) is 0 Å². The van der Waals surface area contributed by atoms with Crippen molar-refractivity contribution in [3.8, 4) is 34.5 Å². The highest BCUT2D eigenvalue weighted by Crippen LogP contribution is 2.42. The van der Waals surface area contributed by atoms with E-state index in [0.29, 0.717) is 0 Å². The van der Waals surface area contributed by atoms with Gasteiger partial charge in [-0.3, -0.25) is 0 Å². The molecule has 0 aliphatic rings. The first-order valence-electron chi connectivity index (χ1n) is 9.22. The number of para-hydroxylation sites is 1. The SMILES string of the molecule is Fc1ccc(Oc2cc(Oc3ccccc3F)c(F)c(Oc3cccc(F)c3)c2F)cc1.O. The molecule has 0 heterocycles. The van der Waals surface area contributed by atoms with Crippen molar-refractivity contribution in [3.63, 3.8) is 0 Å². The molecule has 4 rings (SSSR count). The Balaban J connectivity index is 0.00000306. The summed E-state index contributed by atoms with van der Waals surface area (Å²) in [5, 5.41) is 0. The fourth-order valence-corrected chi connectivity index (χ4v) is 2.73. The number of hydrogen-bond acceptors (Lipinski definition) is 3. The van der Waals surface area contributed by atoms with Crippen molar-refractivity contribution in [3.05, 3.63) is 108 Å². The fourth-order valence-electron chi connectivity index (χ4n) is 2.73. The molecule has 0 saturated carbocycles. The number of ether oxygens (including phenoxy) is 3. The van der Waals surface area contributed by atoms with Gasteiger partial charge >= 0.3 is 0 Å². The van der Waals surface area contributed by atoms with Crippen LogP contribution in [0.5, 0.6) is 34.5 Å². The van der Waals surface area contributed by atoms with Crippen LogP contribution in [0, 0.1) is 29.1 Å². The summed E-state index contributed by atoms with van der Waals surface area (Å²) in [4.78, 5) is 0. The monoisotopic (exact) mass is 462 g/mol. The van der Waals surface area contributed by atoms with Gasteiger partial charge in [-0.1, -0.05) is 18.2 Å². The lowest BCUT2D eigenvalue weighted by molar-refractivity contribution is 0.353. The number of halogens is 5.